The highest BCUT2D eigenvalue weighted by Gasteiger charge is 2.27. The Labute approximate surface area is 225 Å². The molecular formula is C31H27FN2O4S. The van der Waals surface area contributed by atoms with Crippen LogP contribution in [-0.4, -0.2) is 24.6 Å². The van der Waals surface area contributed by atoms with Crippen molar-refractivity contribution < 1.29 is 17.0 Å². The van der Waals surface area contributed by atoms with Crippen LogP contribution in [0.3, 0.4) is 0 Å². The maximum atomic E-state index is 14.1. The smallest absolute Gasteiger partial charge is 0.332 e. The van der Waals surface area contributed by atoms with Crippen molar-refractivity contribution in [1.29, 1.82) is 0 Å². The van der Waals surface area contributed by atoms with Gasteiger partial charge in [-0.25, -0.2) is 0 Å². The lowest BCUT2D eigenvalue weighted by Gasteiger charge is -2.31. The number of nitrogens with zero attached hydrogens (tertiary/aromatic N) is 1. The first-order valence-electron chi connectivity index (χ1n) is 13.0. The number of nitrogens with one attached hydrogen (secondary N) is 1. The number of hydrogen-bond acceptors (Lipinski definition) is 4. The van der Waals surface area contributed by atoms with Crippen LogP contribution in [-0.2, 0) is 10.2 Å². The first-order chi connectivity index (χ1) is 18.7. The Kier molecular flexibility index (Phi) is 6.00. The third-order valence-electron chi connectivity index (χ3n) is 7.45. The number of rotatable bonds is 6. The first-order valence-corrected chi connectivity index (χ1v) is 14.4. The highest BCUT2D eigenvalue weighted by Crippen LogP contribution is 2.41. The summed E-state index contributed by atoms with van der Waals surface area (Å²) in [7, 11) is -4.90. The van der Waals surface area contributed by atoms with Crippen molar-refractivity contribution in [2.24, 2.45) is 5.92 Å². The molecule has 1 aliphatic carbocycles. The van der Waals surface area contributed by atoms with E-state index in [1.807, 2.05) is 38.1 Å². The molecule has 6 rings (SSSR count). The molecule has 39 heavy (non-hydrogen) atoms. The molecule has 1 N–H and O–H groups in total. The Morgan fingerprint density at radius 1 is 1.13 bits per heavy atom. The minimum Gasteiger partial charge on any atom is -0.493 e. The van der Waals surface area contributed by atoms with Crippen molar-refractivity contribution in [2.45, 2.75) is 44.0 Å². The van der Waals surface area contributed by atoms with Gasteiger partial charge in [0.2, 0.25) is 0 Å². The fourth-order valence-electron chi connectivity index (χ4n) is 5.33. The van der Waals surface area contributed by atoms with Crippen LogP contribution in [0.5, 0.6) is 5.75 Å². The highest BCUT2D eigenvalue weighted by atomic mass is 32.3. The van der Waals surface area contributed by atoms with Gasteiger partial charge in [0.15, 0.2) is 5.43 Å². The number of benzene rings is 3. The largest absolute Gasteiger partial charge is 0.493 e. The summed E-state index contributed by atoms with van der Waals surface area (Å²) in [6, 6.07) is 15.1. The predicted octanol–water partition coefficient (Wildman–Crippen LogP) is 6.70. The molecule has 1 saturated carbocycles. The number of fused-ring (bicyclic) bond motifs is 4. The zero-order valence-corrected chi connectivity index (χ0v) is 22.4. The summed E-state index contributed by atoms with van der Waals surface area (Å²) in [6.45, 7) is 4.42. The van der Waals surface area contributed by atoms with E-state index in [1.165, 1.54) is 18.2 Å². The number of hydrogen-bond donors (Lipinski definition) is 1. The SMILES string of the molecule is C#Cc1ccc2c(c1)[nH]c1c2c(=O)c2cc(OCC(C)C)c(-c3cccc(S(=O)(=O)F)c3)cc2n1C1CCC1. The van der Waals surface area contributed by atoms with Crippen LogP contribution in [0, 0.1) is 18.3 Å². The molecule has 5 aromatic rings. The van der Waals surface area contributed by atoms with Crippen LogP contribution in [0.1, 0.15) is 44.7 Å². The Morgan fingerprint density at radius 2 is 1.92 bits per heavy atom. The first kappa shape index (κ1) is 25.2. The molecule has 1 aliphatic rings. The van der Waals surface area contributed by atoms with E-state index in [-0.39, 0.29) is 17.4 Å². The number of ether oxygens (including phenoxy) is 1. The number of pyridine rings is 1. The fourth-order valence-corrected chi connectivity index (χ4v) is 5.84. The predicted molar refractivity (Wildman–Crippen MR) is 152 cm³/mol. The molecular weight excluding hydrogens is 515 g/mol. The highest BCUT2D eigenvalue weighted by molar-refractivity contribution is 7.86. The fraction of sp³-hybridized carbons (Fsp3) is 0.258. The number of halogens is 1. The van der Waals surface area contributed by atoms with Crippen LogP contribution in [0.4, 0.5) is 3.89 Å². The van der Waals surface area contributed by atoms with Crippen molar-refractivity contribution in [3.05, 3.63) is 70.4 Å². The molecule has 2 aromatic heterocycles. The van der Waals surface area contributed by atoms with Gasteiger partial charge < -0.3 is 14.3 Å². The van der Waals surface area contributed by atoms with E-state index in [9.17, 15) is 17.1 Å². The number of aromatic nitrogens is 2. The number of aromatic amines is 1. The van der Waals surface area contributed by atoms with Crippen LogP contribution < -0.4 is 10.2 Å². The second-order valence-corrected chi connectivity index (χ2v) is 11.9. The average molecular weight is 543 g/mol. The zero-order valence-electron chi connectivity index (χ0n) is 21.6. The van der Waals surface area contributed by atoms with E-state index in [0.717, 1.165) is 41.4 Å². The maximum Gasteiger partial charge on any atom is 0.332 e. The minimum absolute atomic E-state index is 0.128. The van der Waals surface area contributed by atoms with E-state index in [4.69, 9.17) is 11.2 Å². The van der Waals surface area contributed by atoms with Gasteiger partial charge in [-0.1, -0.05) is 38.0 Å². The molecule has 0 atom stereocenters. The van der Waals surface area contributed by atoms with Gasteiger partial charge in [-0.2, -0.15) is 8.42 Å². The van der Waals surface area contributed by atoms with Gasteiger partial charge in [0, 0.05) is 28.1 Å². The van der Waals surface area contributed by atoms with Gasteiger partial charge in [0.25, 0.3) is 0 Å². The van der Waals surface area contributed by atoms with E-state index in [0.29, 0.717) is 39.8 Å². The van der Waals surface area contributed by atoms with E-state index in [2.05, 4.69) is 15.5 Å². The molecule has 0 bridgehead atoms. The van der Waals surface area contributed by atoms with Crippen molar-refractivity contribution in [3.63, 3.8) is 0 Å². The van der Waals surface area contributed by atoms with Gasteiger partial charge in [0.05, 0.1) is 27.8 Å². The summed E-state index contributed by atoms with van der Waals surface area (Å²) in [5.41, 5.74) is 3.89. The lowest BCUT2D eigenvalue weighted by Crippen LogP contribution is -2.21. The molecule has 8 heteroatoms. The molecule has 0 unspecified atom stereocenters. The third-order valence-corrected chi connectivity index (χ3v) is 8.27. The summed E-state index contributed by atoms with van der Waals surface area (Å²) in [4.78, 5) is 17.1. The molecule has 6 nitrogen and oxygen atoms in total. The molecule has 0 spiro atoms. The molecule has 0 amide bonds. The lowest BCUT2D eigenvalue weighted by atomic mass is 9.91. The van der Waals surface area contributed by atoms with Crippen LogP contribution in [0.25, 0.3) is 44.0 Å². The van der Waals surface area contributed by atoms with Crippen molar-refractivity contribution in [1.82, 2.24) is 9.55 Å². The molecule has 3 aromatic carbocycles. The quantitative estimate of drug-likeness (QED) is 0.191. The maximum absolute atomic E-state index is 14.1. The Hall–Kier alpha value is -4.09. The van der Waals surface area contributed by atoms with Crippen LogP contribution in [0.15, 0.2) is 64.3 Å². The second-order valence-electron chi connectivity index (χ2n) is 10.6. The van der Waals surface area contributed by atoms with E-state index >= 15 is 0 Å². The summed E-state index contributed by atoms with van der Waals surface area (Å²) in [5, 5.41) is 1.91. The molecule has 0 aliphatic heterocycles. The van der Waals surface area contributed by atoms with Crippen LogP contribution >= 0.6 is 0 Å². The molecule has 198 valence electrons. The van der Waals surface area contributed by atoms with Crippen molar-refractivity contribution in [2.75, 3.05) is 6.61 Å². The number of H-pyrrole nitrogens is 1. The van der Waals surface area contributed by atoms with Crippen molar-refractivity contribution >= 4 is 43.1 Å². The lowest BCUT2D eigenvalue weighted by molar-refractivity contribution is 0.272. The van der Waals surface area contributed by atoms with Gasteiger partial charge in [-0.3, -0.25) is 4.79 Å². The average Bonchev–Trinajstić information content (AvgIpc) is 3.26. The topological polar surface area (TPSA) is 81.2 Å². The summed E-state index contributed by atoms with van der Waals surface area (Å²) < 4.78 is 45.6. The second kappa shape index (κ2) is 9.28. The Morgan fingerprint density at radius 3 is 2.59 bits per heavy atom. The van der Waals surface area contributed by atoms with Crippen LogP contribution in [0.2, 0.25) is 0 Å². The molecule has 0 radical (unpaired) electrons. The van der Waals surface area contributed by atoms with Gasteiger partial charge in [-0.15, -0.1) is 10.3 Å². The third kappa shape index (κ3) is 4.27. The van der Waals surface area contributed by atoms with Gasteiger partial charge in [-0.05, 0) is 67.1 Å². The minimum atomic E-state index is -4.90. The van der Waals surface area contributed by atoms with E-state index < -0.39 is 15.1 Å². The zero-order chi connectivity index (χ0) is 27.5. The molecule has 2 heterocycles. The Balaban J connectivity index is 1.72. The Bertz CT molecular complexity index is 1990. The number of terminal acetylenes is 1. The standard InChI is InChI=1S/C31H27FN2O4S/c1-4-19-11-12-23-26(13-19)33-31-29(23)30(35)25-16-28(38-17-18(2)3)24(15-27(25)34(31)21-8-6-9-21)20-7-5-10-22(14-20)39(32,36)37/h1,5,7,10-16,18,21,33H,6,8-9,17H2,2-3H3. The van der Waals surface area contributed by atoms with Gasteiger partial charge >= 0.3 is 10.2 Å². The monoisotopic (exact) mass is 542 g/mol. The molecule has 1 fully saturated rings. The van der Waals surface area contributed by atoms with Crippen molar-refractivity contribution in [3.8, 4) is 29.2 Å². The van der Waals surface area contributed by atoms with Gasteiger partial charge in [0.1, 0.15) is 11.4 Å². The summed E-state index contributed by atoms with van der Waals surface area (Å²) in [5.74, 6) is 3.30. The normalized spacial score (nSPS) is 14.2. The molecule has 0 saturated heterocycles. The van der Waals surface area contributed by atoms with E-state index in [1.54, 1.807) is 12.1 Å². The summed E-state index contributed by atoms with van der Waals surface area (Å²) >= 11 is 0. The summed E-state index contributed by atoms with van der Waals surface area (Å²) in [6.07, 6.45) is 8.64.